The molecular weight excluding hydrogens is 393 g/mol. The third-order valence-electron chi connectivity index (χ3n) is 4.39. The van der Waals surface area contributed by atoms with Gasteiger partial charge in [-0.15, -0.1) is 24.8 Å². The van der Waals surface area contributed by atoms with E-state index in [9.17, 15) is 4.79 Å². The number of carbonyl (C=O) groups is 1. The van der Waals surface area contributed by atoms with Gasteiger partial charge in [0.2, 0.25) is 5.91 Å². The number of rotatable bonds is 2. The first-order valence-corrected chi connectivity index (χ1v) is 8.23. The van der Waals surface area contributed by atoms with E-state index in [0.717, 1.165) is 34.1 Å². The van der Waals surface area contributed by atoms with Gasteiger partial charge in [0.15, 0.2) is 0 Å². The van der Waals surface area contributed by atoms with E-state index in [1.165, 1.54) is 0 Å². The predicted octanol–water partition coefficient (Wildman–Crippen LogP) is 4.56. The van der Waals surface area contributed by atoms with Gasteiger partial charge in [-0.1, -0.05) is 41.9 Å². The Morgan fingerprint density at radius 1 is 1.15 bits per heavy atom. The minimum absolute atomic E-state index is 0. The molecule has 2 heterocycles. The zero-order valence-corrected chi connectivity index (χ0v) is 16.1. The third-order valence-corrected chi connectivity index (χ3v) is 4.62. The van der Waals surface area contributed by atoms with Crippen molar-refractivity contribution in [2.24, 2.45) is 0 Å². The highest BCUT2D eigenvalue weighted by atomic mass is 35.5. The molecule has 2 aromatic carbocycles. The normalized spacial score (nSPS) is 15.3. The summed E-state index contributed by atoms with van der Waals surface area (Å²) in [5, 5.41) is 8.96. The number of halogens is 3. The Bertz CT molecular complexity index is 928. The maximum atomic E-state index is 12.9. The SMILES string of the molecule is Cl.Cl.O=C(Nc1cncc2ccccc12)[C@H]1CNCc2ccc(Cl)cc21. The molecule has 0 bridgehead atoms. The number of nitrogens with one attached hydrogen (secondary N) is 2. The number of amides is 1. The molecule has 136 valence electrons. The Kier molecular flexibility index (Phi) is 6.84. The Hall–Kier alpha value is -1.85. The lowest BCUT2D eigenvalue weighted by molar-refractivity contribution is -0.117. The van der Waals surface area contributed by atoms with Crippen LogP contribution in [0.2, 0.25) is 5.02 Å². The van der Waals surface area contributed by atoms with Crippen LogP contribution in [0, 0.1) is 0 Å². The Morgan fingerprint density at radius 3 is 2.81 bits per heavy atom. The number of pyridine rings is 1. The molecule has 0 radical (unpaired) electrons. The average Bonchev–Trinajstić information content (AvgIpc) is 2.61. The van der Waals surface area contributed by atoms with Crippen molar-refractivity contribution in [3.63, 3.8) is 0 Å². The summed E-state index contributed by atoms with van der Waals surface area (Å²) in [6, 6.07) is 13.6. The van der Waals surface area contributed by atoms with E-state index in [1.807, 2.05) is 42.5 Å². The van der Waals surface area contributed by atoms with Crippen molar-refractivity contribution >= 4 is 58.8 Å². The lowest BCUT2D eigenvalue weighted by atomic mass is 9.90. The third kappa shape index (κ3) is 3.94. The molecule has 4 rings (SSSR count). The number of carbonyl (C=O) groups excluding carboxylic acids is 1. The summed E-state index contributed by atoms with van der Waals surface area (Å²) < 4.78 is 0. The van der Waals surface area contributed by atoms with Gasteiger partial charge in [0.05, 0.1) is 17.8 Å². The average molecular weight is 411 g/mol. The molecule has 1 atom stereocenters. The standard InChI is InChI=1S/C19H16ClN3O.2ClH/c20-14-6-5-13-9-21-10-17(16(13)7-14)19(24)23-18-11-22-8-12-3-1-2-4-15(12)18;;/h1-8,11,17,21H,9-10H2,(H,23,24);2*1H/t17-;;/m0../s1. The number of nitrogens with zero attached hydrogens (tertiary/aromatic N) is 1. The molecule has 1 aliphatic rings. The van der Waals surface area contributed by atoms with Crippen LogP contribution in [-0.4, -0.2) is 17.4 Å². The van der Waals surface area contributed by atoms with Crippen LogP contribution in [0.15, 0.2) is 54.9 Å². The van der Waals surface area contributed by atoms with Crippen LogP contribution in [0.1, 0.15) is 17.0 Å². The van der Waals surface area contributed by atoms with Gasteiger partial charge in [-0.3, -0.25) is 9.78 Å². The molecule has 1 aromatic heterocycles. The van der Waals surface area contributed by atoms with E-state index in [0.29, 0.717) is 11.6 Å². The van der Waals surface area contributed by atoms with Crippen molar-refractivity contribution in [2.45, 2.75) is 12.5 Å². The van der Waals surface area contributed by atoms with Crippen LogP contribution < -0.4 is 10.6 Å². The highest BCUT2D eigenvalue weighted by Gasteiger charge is 2.27. The maximum Gasteiger partial charge on any atom is 0.233 e. The molecule has 0 unspecified atom stereocenters. The molecular formula is C19H18Cl3N3O. The minimum atomic E-state index is -0.272. The van der Waals surface area contributed by atoms with Gasteiger partial charge in [0.25, 0.3) is 0 Å². The summed E-state index contributed by atoms with van der Waals surface area (Å²) in [6.07, 6.45) is 3.48. The Morgan fingerprint density at radius 2 is 1.96 bits per heavy atom. The summed E-state index contributed by atoms with van der Waals surface area (Å²) in [4.78, 5) is 17.1. The van der Waals surface area contributed by atoms with Crippen LogP contribution in [0.4, 0.5) is 5.69 Å². The van der Waals surface area contributed by atoms with E-state index in [-0.39, 0.29) is 36.6 Å². The first-order chi connectivity index (χ1) is 11.7. The van der Waals surface area contributed by atoms with Crippen LogP contribution in [-0.2, 0) is 11.3 Å². The van der Waals surface area contributed by atoms with Crippen molar-refractivity contribution in [1.82, 2.24) is 10.3 Å². The zero-order chi connectivity index (χ0) is 16.5. The molecule has 1 aliphatic heterocycles. The predicted molar refractivity (Wildman–Crippen MR) is 111 cm³/mol. The van der Waals surface area contributed by atoms with Crippen molar-refractivity contribution < 1.29 is 4.79 Å². The molecule has 0 aliphatic carbocycles. The molecule has 26 heavy (non-hydrogen) atoms. The Labute approximate surface area is 169 Å². The molecule has 7 heteroatoms. The number of benzene rings is 2. The fourth-order valence-electron chi connectivity index (χ4n) is 3.18. The number of fused-ring (bicyclic) bond motifs is 2. The van der Waals surface area contributed by atoms with Crippen LogP contribution in [0.5, 0.6) is 0 Å². The van der Waals surface area contributed by atoms with Crippen molar-refractivity contribution in [3.05, 3.63) is 71.0 Å². The first-order valence-electron chi connectivity index (χ1n) is 7.85. The molecule has 0 saturated carbocycles. The van der Waals surface area contributed by atoms with Crippen LogP contribution in [0.3, 0.4) is 0 Å². The molecule has 1 amide bonds. The largest absolute Gasteiger partial charge is 0.324 e. The van der Waals surface area contributed by atoms with Gasteiger partial charge in [-0.2, -0.15) is 0 Å². The van der Waals surface area contributed by atoms with Gasteiger partial charge in [-0.05, 0) is 23.3 Å². The fourth-order valence-corrected chi connectivity index (χ4v) is 3.36. The fraction of sp³-hybridized carbons (Fsp3) is 0.158. The van der Waals surface area contributed by atoms with Crippen LogP contribution >= 0.6 is 36.4 Å². The summed E-state index contributed by atoms with van der Waals surface area (Å²) >= 11 is 6.12. The van der Waals surface area contributed by atoms with Crippen LogP contribution in [0.25, 0.3) is 10.8 Å². The van der Waals surface area contributed by atoms with Gasteiger partial charge in [0, 0.05) is 35.1 Å². The van der Waals surface area contributed by atoms with E-state index in [2.05, 4.69) is 15.6 Å². The maximum absolute atomic E-state index is 12.9. The summed E-state index contributed by atoms with van der Waals surface area (Å²) in [7, 11) is 0. The lowest BCUT2D eigenvalue weighted by Gasteiger charge is -2.26. The quantitative estimate of drug-likeness (QED) is 0.651. The number of aromatic nitrogens is 1. The minimum Gasteiger partial charge on any atom is -0.324 e. The number of hydrogen-bond acceptors (Lipinski definition) is 3. The molecule has 0 fully saturated rings. The summed E-state index contributed by atoms with van der Waals surface area (Å²) in [5.41, 5.74) is 2.83. The molecule has 0 saturated heterocycles. The first kappa shape index (κ1) is 20.5. The van der Waals surface area contributed by atoms with Gasteiger partial charge in [-0.25, -0.2) is 0 Å². The van der Waals surface area contributed by atoms with E-state index < -0.39 is 0 Å². The second-order valence-electron chi connectivity index (χ2n) is 5.92. The van der Waals surface area contributed by atoms with E-state index in [4.69, 9.17) is 11.6 Å². The molecule has 2 N–H and O–H groups in total. The molecule has 3 aromatic rings. The highest BCUT2D eigenvalue weighted by molar-refractivity contribution is 6.30. The van der Waals surface area contributed by atoms with E-state index >= 15 is 0 Å². The molecule has 0 spiro atoms. The van der Waals surface area contributed by atoms with Crippen molar-refractivity contribution in [3.8, 4) is 0 Å². The Balaban J connectivity index is 0.00000121. The zero-order valence-electron chi connectivity index (χ0n) is 13.7. The summed E-state index contributed by atoms with van der Waals surface area (Å²) in [5.74, 6) is -0.324. The van der Waals surface area contributed by atoms with Crippen molar-refractivity contribution in [2.75, 3.05) is 11.9 Å². The molecule has 4 nitrogen and oxygen atoms in total. The number of hydrogen-bond donors (Lipinski definition) is 2. The monoisotopic (exact) mass is 409 g/mol. The van der Waals surface area contributed by atoms with Gasteiger partial charge < -0.3 is 10.6 Å². The van der Waals surface area contributed by atoms with Crippen molar-refractivity contribution in [1.29, 1.82) is 0 Å². The second-order valence-corrected chi connectivity index (χ2v) is 6.36. The topological polar surface area (TPSA) is 54.0 Å². The van der Waals surface area contributed by atoms with E-state index in [1.54, 1.807) is 12.4 Å². The summed E-state index contributed by atoms with van der Waals surface area (Å²) in [6.45, 7) is 1.35. The second kappa shape index (κ2) is 8.69. The number of anilines is 1. The smallest absolute Gasteiger partial charge is 0.233 e. The van der Waals surface area contributed by atoms with Gasteiger partial charge >= 0.3 is 0 Å². The van der Waals surface area contributed by atoms with Gasteiger partial charge in [0.1, 0.15) is 0 Å². The highest BCUT2D eigenvalue weighted by Crippen LogP contribution is 2.29. The lowest BCUT2D eigenvalue weighted by Crippen LogP contribution is -2.35.